The number of rotatable bonds is 3. The number of benzene rings is 1. The van der Waals surface area contributed by atoms with E-state index in [1.807, 2.05) is 32.0 Å². The van der Waals surface area contributed by atoms with Crippen LogP contribution in [0, 0.1) is 5.92 Å². The summed E-state index contributed by atoms with van der Waals surface area (Å²) in [6.45, 7) is 5.42. The number of urea groups is 1. The van der Waals surface area contributed by atoms with Gasteiger partial charge in [0.25, 0.3) is 11.8 Å². The van der Waals surface area contributed by atoms with Crippen molar-refractivity contribution < 1.29 is 14.4 Å². The van der Waals surface area contributed by atoms with Crippen LogP contribution in [0.15, 0.2) is 34.9 Å². The number of carbonyl (C=O) groups excluding carboxylic acids is 3. The molecule has 1 aromatic carbocycles. The molecule has 0 saturated carbocycles. The molecule has 1 fully saturated rings. The maximum atomic E-state index is 13.1. The van der Waals surface area contributed by atoms with E-state index in [9.17, 15) is 14.4 Å². The van der Waals surface area contributed by atoms with Crippen LogP contribution in [-0.2, 0) is 22.6 Å². The molecular formula is C19H22N4O3S. The minimum Gasteiger partial charge on any atom is -0.333 e. The van der Waals surface area contributed by atoms with Crippen LogP contribution in [-0.4, -0.2) is 46.8 Å². The van der Waals surface area contributed by atoms with Gasteiger partial charge in [0.15, 0.2) is 0 Å². The Morgan fingerprint density at radius 2 is 2.00 bits per heavy atom. The van der Waals surface area contributed by atoms with E-state index >= 15 is 0 Å². The molecule has 142 valence electrons. The van der Waals surface area contributed by atoms with E-state index in [-0.39, 0.29) is 17.7 Å². The average Bonchev–Trinajstić information content (AvgIpc) is 3.07. The van der Waals surface area contributed by atoms with Gasteiger partial charge in [-0.1, -0.05) is 38.1 Å². The molecule has 0 aromatic heterocycles. The van der Waals surface area contributed by atoms with Gasteiger partial charge in [-0.3, -0.25) is 14.5 Å². The van der Waals surface area contributed by atoms with Crippen molar-refractivity contribution in [3.8, 4) is 0 Å². The molecule has 1 saturated heterocycles. The minimum atomic E-state index is -0.678. The fourth-order valence-electron chi connectivity index (χ4n) is 3.61. The summed E-state index contributed by atoms with van der Waals surface area (Å²) in [6, 6.07) is 6.96. The van der Waals surface area contributed by atoms with Gasteiger partial charge in [-0.25, -0.2) is 9.52 Å². The Labute approximate surface area is 162 Å². The Bertz CT molecular complexity index is 851. The Balaban J connectivity index is 1.56. The summed E-state index contributed by atoms with van der Waals surface area (Å²) in [7, 11) is 0. The summed E-state index contributed by atoms with van der Waals surface area (Å²) in [5.74, 6) is -0.277. The second-order valence-electron chi connectivity index (χ2n) is 7.41. The lowest BCUT2D eigenvalue weighted by Crippen LogP contribution is -2.58. The molecule has 8 heteroatoms. The Hall–Kier alpha value is -2.32. The van der Waals surface area contributed by atoms with Gasteiger partial charge in [-0.15, -0.1) is 0 Å². The zero-order valence-corrected chi connectivity index (χ0v) is 16.1. The Kier molecular flexibility index (Phi) is 4.69. The van der Waals surface area contributed by atoms with Crippen molar-refractivity contribution in [3.05, 3.63) is 46.0 Å². The highest BCUT2D eigenvalue weighted by Gasteiger charge is 2.45. The lowest BCUT2D eigenvalue weighted by atomic mass is 9.99. The van der Waals surface area contributed by atoms with Gasteiger partial charge < -0.3 is 10.2 Å². The van der Waals surface area contributed by atoms with Crippen LogP contribution in [0.3, 0.4) is 0 Å². The summed E-state index contributed by atoms with van der Waals surface area (Å²) >= 11 is 1.13. The highest BCUT2D eigenvalue weighted by atomic mass is 32.2. The number of carbonyl (C=O) groups is 3. The number of hydrogen-bond donors (Lipinski definition) is 2. The molecule has 3 aliphatic rings. The number of imide groups is 1. The van der Waals surface area contributed by atoms with Crippen LogP contribution in [0.5, 0.6) is 0 Å². The zero-order valence-electron chi connectivity index (χ0n) is 15.3. The van der Waals surface area contributed by atoms with Crippen LogP contribution in [0.25, 0.3) is 0 Å². The van der Waals surface area contributed by atoms with E-state index in [1.54, 1.807) is 4.90 Å². The van der Waals surface area contributed by atoms with Gasteiger partial charge in [0.1, 0.15) is 10.9 Å². The van der Waals surface area contributed by atoms with Crippen LogP contribution in [0.1, 0.15) is 25.0 Å². The van der Waals surface area contributed by atoms with E-state index in [0.717, 1.165) is 23.9 Å². The molecular weight excluding hydrogens is 364 g/mol. The molecule has 0 radical (unpaired) electrons. The maximum Gasteiger partial charge on any atom is 0.328 e. The first kappa shape index (κ1) is 18.1. The zero-order chi connectivity index (χ0) is 19.1. The number of fused-ring (bicyclic) bond motifs is 2. The highest BCUT2D eigenvalue weighted by Crippen LogP contribution is 2.33. The smallest absolute Gasteiger partial charge is 0.328 e. The second kappa shape index (κ2) is 7.01. The van der Waals surface area contributed by atoms with E-state index in [4.69, 9.17) is 0 Å². The summed E-state index contributed by atoms with van der Waals surface area (Å²) < 4.78 is 3.01. The highest BCUT2D eigenvalue weighted by molar-refractivity contribution is 8.02. The topological polar surface area (TPSA) is 81.8 Å². The second-order valence-corrected chi connectivity index (χ2v) is 8.26. The van der Waals surface area contributed by atoms with Gasteiger partial charge in [-0.2, -0.15) is 0 Å². The molecule has 4 amide bonds. The van der Waals surface area contributed by atoms with Crippen molar-refractivity contribution in [2.75, 3.05) is 13.1 Å². The summed E-state index contributed by atoms with van der Waals surface area (Å²) in [5.41, 5.74) is 2.79. The molecule has 1 unspecified atom stereocenters. The van der Waals surface area contributed by atoms with Gasteiger partial charge in [0.05, 0.1) is 5.70 Å². The predicted molar refractivity (Wildman–Crippen MR) is 102 cm³/mol. The normalized spacial score (nSPS) is 22.1. The third-order valence-electron chi connectivity index (χ3n) is 4.97. The number of amides is 4. The third kappa shape index (κ3) is 3.23. The van der Waals surface area contributed by atoms with E-state index in [2.05, 4.69) is 16.1 Å². The average molecular weight is 386 g/mol. The molecule has 3 heterocycles. The van der Waals surface area contributed by atoms with Crippen molar-refractivity contribution in [1.82, 2.24) is 19.8 Å². The first-order valence-corrected chi connectivity index (χ1v) is 9.92. The molecule has 27 heavy (non-hydrogen) atoms. The monoisotopic (exact) mass is 386 g/mol. The minimum absolute atomic E-state index is 0.148. The Morgan fingerprint density at radius 3 is 2.74 bits per heavy atom. The molecule has 7 nitrogen and oxygen atoms in total. The van der Waals surface area contributed by atoms with Crippen molar-refractivity contribution >= 4 is 29.8 Å². The SMILES string of the molecule is CC(C)CN1C(=O)NC2=C(C(=O)N3CCc4ccccc4C3)SNC2C1=O. The van der Waals surface area contributed by atoms with Crippen molar-refractivity contribution in [1.29, 1.82) is 0 Å². The van der Waals surface area contributed by atoms with Crippen molar-refractivity contribution in [2.24, 2.45) is 5.92 Å². The fourth-order valence-corrected chi connectivity index (χ4v) is 4.56. The van der Waals surface area contributed by atoms with Crippen LogP contribution in [0.4, 0.5) is 4.79 Å². The molecule has 0 spiro atoms. The van der Waals surface area contributed by atoms with Gasteiger partial charge in [0, 0.05) is 19.6 Å². The van der Waals surface area contributed by atoms with Gasteiger partial charge >= 0.3 is 6.03 Å². The van der Waals surface area contributed by atoms with Gasteiger partial charge in [-0.05, 0) is 35.4 Å². The molecule has 0 bridgehead atoms. The van der Waals surface area contributed by atoms with Crippen molar-refractivity contribution in [3.63, 3.8) is 0 Å². The summed E-state index contributed by atoms with van der Waals surface area (Å²) in [6.07, 6.45) is 0.805. The molecule has 3 aliphatic heterocycles. The Morgan fingerprint density at radius 1 is 1.26 bits per heavy atom. The fraction of sp³-hybridized carbons (Fsp3) is 0.421. The first-order valence-electron chi connectivity index (χ1n) is 9.10. The van der Waals surface area contributed by atoms with E-state index in [1.165, 1.54) is 10.5 Å². The quantitative estimate of drug-likeness (QED) is 0.772. The number of hydrogen-bond acceptors (Lipinski definition) is 5. The van der Waals surface area contributed by atoms with Crippen molar-refractivity contribution in [2.45, 2.75) is 32.9 Å². The van der Waals surface area contributed by atoms with Crippen LogP contribution >= 0.6 is 11.9 Å². The van der Waals surface area contributed by atoms with Crippen LogP contribution in [0.2, 0.25) is 0 Å². The third-order valence-corrected chi connectivity index (χ3v) is 5.92. The largest absolute Gasteiger partial charge is 0.333 e. The first-order chi connectivity index (χ1) is 13.0. The lowest BCUT2D eigenvalue weighted by Gasteiger charge is -2.32. The van der Waals surface area contributed by atoms with E-state index < -0.39 is 12.1 Å². The van der Waals surface area contributed by atoms with Crippen LogP contribution < -0.4 is 10.0 Å². The molecule has 1 atom stereocenters. The summed E-state index contributed by atoms with van der Waals surface area (Å²) in [5, 5.41) is 2.77. The van der Waals surface area contributed by atoms with E-state index in [0.29, 0.717) is 30.2 Å². The summed E-state index contributed by atoms with van der Waals surface area (Å²) in [4.78, 5) is 41.6. The number of nitrogens with one attached hydrogen (secondary N) is 2. The molecule has 0 aliphatic carbocycles. The molecule has 2 N–H and O–H groups in total. The molecule has 1 aromatic rings. The standard InChI is InChI=1S/C19H22N4O3S/c1-11(2)9-23-17(24)15-14(20-19(23)26)16(27-21-15)18(25)22-8-7-12-5-3-4-6-13(12)10-22/h3-6,11,15,21H,7-10H2,1-2H3,(H,20,26). The lowest BCUT2D eigenvalue weighted by molar-refractivity contribution is -0.130. The molecule has 4 rings (SSSR count). The maximum absolute atomic E-state index is 13.1. The predicted octanol–water partition coefficient (Wildman–Crippen LogP) is 1.61. The van der Waals surface area contributed by atoms with Gasteiger partial charge in [0.2, 0.25) is 0 Å². The number of nitrogens with zero attached hydrogens (tertiary/aromatic N) is 2.